The number of nitrogens with zero attached hydrogens (tertiary/aromatic N) is 4. The van der Waals surface area contributed by atoms with Gasteiger partial charge >= 0.3 is 0 Å². The van der Waals surface area contributed by atoms with E-state index in [1.807, 2.05) is 22.8 Å². The largest absolute Gasteiger partial charge is 0.297 e. The summed E-state index contributed by atoms with van der Waals surface area (Å²) in [5.74, 6) is 0. The molecule has 0 N–H and O–H groups in total. The first-order chi connectivity index (χ1) is 10.8. The topological polar surface area (TPSA) is 33.4 Å². The van der Waals surface area contributed by atoms with Crippen molar-refractivity contribution < 1.29 is 0 Å². The molecule has 1 aromatic carbocycles. The van der Waals surface area contributed by atoms with Gasteiger partial charge in [-0.2, -0.15) is 5.10 Å². The van der Waals surface area contributed by atoms with Crippen LogP contribution in [0.5, 0.6) is 0 Å². The average Bonchev–Trinajstić information content (AvgIpc) is 3.24. The number of hydrogen-bond donors (Lipinski definition) is 0. The Hall–Kier alpha value is -2.20. The molecule has 0 unspecified atom stereocenters. The lowest BCUT2D eigenvalue weighted by atomic mass is 10.0. The van der Waals surface area contributed by atoms with Crippen molar-refractivity contribution in [3.63, 3.8) is 0 Å². The van der Waals surface area contributed by atoms with E-state index in [0.29, 0.717) is 6.04 Å². The Labute approximate surface area is 130 Å². The first-order valence-corrected chi connectivity index (χ1v) is 7.96. The highest BCUT2D eigenvalue weighted by Crippen LogP contribution is 2.28. The van der Waals surface area contributed by atoms with Crippen LogP contribution in [-0.2, 0) is 0 Å². The van der Waals surface area contributed by atoms with Gasteiger partial charge in [-0.1, -0.05) is 18.2 Å². The number of fused-ring (bicyclic) bond motifs is 1. The second kappa shape index (κ2) is 5.54. The van der Waals surface area contributed by atoms with Crippen LogP contribution in [0.1, 0.15) is 31.4 Å². The monoisotopic (exact) mass is 292 g/mol. The van der Waals surface area contributed by atoms with Crippen LogP contribution in [0, 0.1) is 0 Å². The van der Waals surface area contributed by atoms with Gasteiger partial charge in [0, 0.05) is 17.8 Å². The van der Waals surface area contributed by atoms with Crippen LogP contribution >= 0.6 is 0 Å². The molecule has 0 aliphatic carbocycles. The van der Waals surface area contributed by atoms with Crippen LogP contribution in [0.2, 0.25) is 0 Å². The molecular weight excluding hydrogens is 272 g/mol. The lowest BCUT2D eigenvalue weighted by molar-refractivity contribution is 0.263. The molecule has 1 fully saturated rings. The molecule has 22 heavy (non-hydrogen) atoms. The van der Waals surface area contributed by atoms with Gasteiger partial charge in [0.1, 0.15) is 0 Å². The van der Waals surface area contributed by atoms with E-state index >= 15 is 0 Å². The summed E-state index contributed by atoms with van der Waals surface area (Å²) in [6.45, 7) is 4.72. The Morgan fingerprint density at radius 1 is 1.09 bits per heavy atom. The summed E-state index contributed by atoms with van der Waals surface area (Å²) in [5, 5.41) is 4.41. The molecule has 0 bridgehead atoms. The summed E-state index contributed by atoms with van der Waals surface area (Å²) in [5.41, 5.74) is 4.47. The molecule has 0 amide bonds. The quantitative estimate of drug-likeness (QED) is 0.740. The van der Waals surface area contributed by atoms with Crippen molar-refractivity contribution in [2.75, 3.05) is 13.1 Å². The number of benzene rings is 1. The van der Waals surface area contributed by atoms with Crippen LogP contribution in [0.25, 0.3) is 16.9 Å². The number of hydrogen-bond acceptors (Lipinski definition) is 3. The summed E-state index contributed by atoms with van der Waals surface area (Å²) in [4.78, 5) is 7.00. The Morgan fingerprint density at radius 2 is 1.95 bits per heavy atom. The highest BCUT2D eigenvalue weighted by atomic mass is 15.2. The number of imidazole rings is 1. The molecule has 1 aliphatic heterocycles. The lowest BCUT2D eigenvalue weighted by Gasteiger charge is -2.24. The average molecular weight is 292 g/mol. The van der Waals surface area contributed by atoms with E-state index < -0.39 is 0 Å². The number of likely N-dealkylation sites (tertiary alicyclic amines) is 1. The van der Waals surface area contributed by atoms with Gasteiger partial charge in [-0.3, -0.25) is 4.90 Å². The molecule has 1 atom stereocenters. The van der Waals surface area contributed by atoms with Crippen LogP contribution in [0.3, 0.4) is 0 Å². The predicted octanol–water partition coefficient (Wildman–Crippen LogP) is 3.55. The number of rotatable bonds is 3. The normalized spacial score (nSPS) is 17.1. The van der Waals surface area contributed by atoms with Gasteiger partial charge < -0.3 is 0 Å². The van der Waals surface area contributed by atoms with Crippen LogP contribution in [0.15, 0.2) is 48.8 Å². The molecule has 4 nitrogen and oxygen atoms in total. The molecule has 0 saturated carbocycles. The van der Waals surface area contributed by atoms with Crippen molar-refractivity contribution in [1.29, 1.82) is 0 Å². The first kappa shape index (κ1) is 13.5. The van der Waals surface area contributed by atoms with Crippen LogP contribution in [-0.4, -0.2) is 32.6 Å². The molecule has 1 saturated heterocycles. The van der Waals surface area contributed by atoms with Crippen molar-refractivity contribution >= 4 is 5.65 Å². The number of aromatic nitrogens is 3. The van der Waals surface area contributed by atoms with E-state index in [0.717, 1.165) is 11.3 Å². The van der Waals surface area contributed by atoms with E-state index in [1.165, 1.54) is 37.1 Å². The lowest BCUT2D eigenvalue weighted by Crippen LogP contribution is -2.23. The smallest absolute Gasteiger partial charge is 0.154 e. The molecular formula is C18H20N4. The summed E-state index contributed by atoms with van der Waals surface area (Å²) in [7, 11) is 0. The van der Waals surface area contributed by atoms with Gasteiger partial charge in [-0.25, -0.2) is 9.50 Å². The third-order valence-electron chi connectivity index (χ3n) is 4.63. The Balaban J connectivity index is 1.72. The van der Waals surface area contributed by atoms with Gasteiger partial charge in [-0.15, -0.1) is 0 Å². The van der Waals surface area contributed by atoms with Crippen LogP contribution < -0.4 is 0 Å². The van der Waals surface area contributed by atoms with E-state index in [2.05, 4.69) is 46.2 Å². The second-order valence-corrected chi connectivity index (χ2v) is 5.98. The fraction of sp³-hybridized carbons (Fsp3) is 0.333. The van der Waals surface area contributed by atoms with E-state index in [4.69, 9.17) is 0 Å². The van der Waals surface area contributed by atoms with Crippen molar-refractivity contribution in [2.45, 2.75) is 25.8 Å². The summed E-state index contributed by atoms with van der Waals surface area (Å²) < 4.78 is 1.90. The Morgan fingerprint density at radius 3 is 2.82 bits per heavy atom. The highest BCUT2D eigenvalue weighted by Gasteiger charge is 2.19. The zero-order chi connectivity index (χ0) is 14.9. The van der Waals surface area contributed by atoms with Crippen molar-refractivity contribution in [3.8, 4) is 11.3 Å². The Kier molecular flexibility index (Phi) is 3.39. The highest BCUT2D eigenvalue weighted by molar-refractivity contribution is 5.63. The maximum atomic E-state index is 4.44. The van der Waals surface area contributed by atoms with Crippen molar-refractivity contribution in [3.05, 3.63) is 54.4 Å². The SMILES string of the molecule is C[C@H](c1cccc(-c2cnc3cccnn23)c1)N1CCCC1. The molecule has 3 aromatic rings. The van der Waals surface area contributed by atoms with E-state index in [-0.39, 0.29) is 0 Å². The fourth-order valence-electron chi connectivity index (χ4n) is 3.32. The molecule has 2 aromatic heterocycles. The third kappa shape index (κ3) is 2.29. The molecule has 0 radical (unpaired) electrons. The first-order valence-electron chi connectivity index (χ1n) is 7.96. The predicted molar refractivity (Wildman–Crippen MR) is 87.6 cm³/mol. The van der Waals surface area contributed by atoms with Gasteiger partial charge in [0.05, 0.1) is 11.9 Å². The second-order valence-electron chi connectivity index (χ2n) is 5.98. The molecule has 1 aliphatic rings. The third-order valence-corrected chi connectivity index (χ3v) is 4.63. The minimum Gasteiger partial charge on any atom is -0.297 e. The molecule has 3 heterocycles. The van der Waals surface area contributed by atoms with Crippen molar-refractivity contribution in [1.82, 2.24) is 19.5 Å². The van der Waals surface area contributed by atoms with Gasteiger partial charge in [0.15, 0.2) is 5.65 Å². The molecule has 0 spiro atoms. The van der Waals surface area contributed by atoms with Crippen molar-refractivity contribution in [2.24, 2.45) is 0 Å². The maximum absolute atomic E-state index is 4.44. The van der Waals surface area contributed by atoms with Crippen LogP contribution in [0.4, 0.5) is 0 Å². The van der Waals surface area contributed by atoms with Gasteiger partial charge in [0.2, 0.25) is 0 Å². The molecule has 112 valence electrons. The van der Waals surface area contributed by atoms with Gasteiger partial charge in [-0.05, 0) is 56.6 Å². The fourth-order valence-corrected chi connectivity index (χ4v) is 3.32. The Bertz CT molecular complexity index is 786. The minimum absolute atomic E-state index is 0.467. The summed E-state index contributed by atoms with van der Waals surface area (Å²) in [6.07, 6.45) is 6.35. The minimum atomic E-state index is 0.467. The van der Waals surface area contributed by atoms with E-state index in [1.54, 1.807) is 6.20 Å². The zero-order valence-corrected chi connectivity index (χ0v) is 12.8. The standard InChI is InChI=1S/C18H20N4/c1-14(21-10-2-3-11-21)15-6-4-7-16(12-15)17-13-19-18-8-5-9-20-22(17)18/h4-9,12-14H,2-3,10-11H2,1H3/t14-/m1/s1. The zero-order valence-electron chi connectivity index (χ0n) is 12.8. The van der Waals surface area contributed by atoms with Gasteiger partial charge in [0.25, 0.3) is 0 Å². The van der Waals surface area contributed by atoms with E-state index in [9.17, 15) is 0 Å². The summed E-state index contributed by atoms with van der Waals surface area (Å²) in [6, 6.07) is 13.1. The maximum Gasteiger partial charge on any atom is 0.154 e. The molecule has 4 heteroatoms. The molecule has 4 rings (SSSR count). The summed E-state index contributed by atoms with van der Waals surface area (Å²) >= 11 is 0.